The van der Waals surface area contributed by atoms with Crippen molar-refractivity contribution in [3.63, 3.8) is 0 Å². The largest absolute Gasteiger partial charge is 0.392 e. The molecule has 2 N–H and O–H groups in total. The van der Waals surface area contributed by atoms with E-state index in [2.05, 4.69) is 25.5 Å². The summed E-state index contributed by atoms with van der Waals surface area (Å²) in [7, 11) is 0. The highest BCUT2D eigenvalue weighted by atomic mass is 16.5. The molecule has 9 heteroatoms. The highest BCUT2D eigenvalue weighted by molar-refractivity contribution is 5.92. The molecule has 0 spiro atoms. The van der Waals surface area contributed by atoms with E-state index in [0.717, 1.165) is 24.9 Å². The van der Waals surface area contributed by atoms with Crippen LogP contribution in [0.1, 0.15) is 35.0 Å². The van der Waals surface area contributed by atoms with E-state index in [1.54, 1.807) is 6.07 Å². The van der Waals surface area contributed by atoms with Crippen molar-refractivity contribution in [1.82, 2.24) is 25.5 Å². The van der Waals surface area contributed by atoms with E-state index in [9.17, 15) is 9.90 Å². The number of carbonyl (C=O) groups excluding carboxylic acids is 1. The van der Waals surface area contributed by atoms with Crippen LogP contribution in [0.15, 0.2) is 45.4 Å². The SMILES string of the molecule is O=C(NCc1nc(-c2ccccc2)no1)c1cc(CN2CCCC(O)C2)on1. The maximum Gasteiger partial charge on any atom is 0.273 e. The number of nitrogens with zero attached hydrogens (tertiary/aromatic N) is 4. The number of hydrogen-bond donors (Lipinski definition) is 2. The van der Waals surface area contributed by atoms with Crippen molar-refractivity contribution >= 4 is 5.91 Å². The zero-order chi connectivity index (χ0) is 19.3. The number of piperidine rings is 1. The Kier molecular flexibility index (Phi) is 5.45. The van der Waals surface area contributed by atoms with E-state index in [1.807, 2.05) is 30.3 Å². The number of aliphatic hydroxyl groups is 1. The summed E-state index contributed by atoms with van der Waals surface area (Å²) in [6.07, 6.45) is 1.45. The Morgan fingerprint density at radius 2 is 2.11 bits per heavy atom. The van der Waals surface area contributed by atoms with Crippen LogP contribution in [0.3, 0.4) is 0 Å². The molecule has 1 fully saturated rings. The molecule has 9 nitrogen and oxygen atoms in total. The Hall–Kier alpha value is -3.04. The quantitative estimate of drug-likeness (QED) is 0.659. The Bertz CT molecular complexity index is 923. The third-order valence-electron chi connectivity index (χ3n) is 4.55. The Morgan fingerprint density at radius 1 is 1.25 bits per heavy atom. The van der Waals surface area contributed by atoms with Crippen LogP contribution in [0.25, 0.3) is 11.4 Å². The number of hydrogen-bond acceptors (Lipinski definition) is 8. The maximum atomic E-state index is 12.3. The molecule has 0 radical (unpaired) electrons. The minimum Gasteiger partial charge on any atom is -0.392 e. The van der Waals surface area contributed by atoms with Gasteiger partial charge in [-0.3, -0.25) is 9.69 Å². The average molecular weight is 383 g/mol. The second kappa shape index (κ2) is 8.32. The number of aromatic nitrogens is 3. The summed E-state index contributed by atoms with van der Waals surface area (Å²) in [5.41, 5.74) is 1.03. The lowest BCUT2D eigenvalue weighted by atomic mass is 10.1. The van der Waals surface area contributed by atoms with Gasteiger partial charge in [0, 0.05) is 18.2 Å². The molecular formula is C19H21N5O4. The van der Waals surface area contributed by atoms with Crippen molar-refractivity contribution in [3.8, 4) is 11.4 Å². The predicted octanol–water partition coefficient (Wildman–Crippen LogP) is 1.61. The van der Waals surface area contributed by atoms with Crippen molar-refractivity contribution in [1.29, 1.82) is 0 Å². The van der Waals surface area contributed by atoms with Crippen LogP contribution in [-0.4, -0.2) is 50.4 Å². The van der Waals surface area contributed by atoms with Gasteiger partial charge >= 0.3 is 0 Å². The number of rotatable bonds is 6. The molecule has 1 unspecified atom stereocenters. The zero-order valence-electron chi connectivity index (χ0n) is 15.2. The minimum atomic E-state index is -0.381. The fraction of sp³-hybridized carbons (Fsp3) is 0.368. The minimum absolute atomic E-state index is 0.0964. The average Bonchev–Trinajstić information content (AvgIpc) is 3.37. The molecule has 1 saturated heterocycles. The zero-order valence-corrected chi connectivity index (χ0v) is 15.2. The van der Waals surface area contributed by atoms with Crippen LogP contribution in [0.4, 0.5) is 0 Å². The van der Waals surface area contributed by atoms with Crippen LogP contribution >= 0.6 is 0 Å². The normalized spacial score (nSPS) is 17.5. The van der Waals surface area contributed by atoms with Gasteiger partial charge in [-0.15, -0.1) is 0 Å². The summed E-state index contributed by atoms with van der Waals surface area (Å²) < 4.78 is 10.4. The number of nitrogens with one attached hydrogen (secondary N) is 1. The van der Waals surface area contributed by atoms with Crippen molar-refractivity contribution < 1.29 is 18.9 Å². The molecule has 2 aromatic heterocycles. The van der Waals surface area contributed by atoms with Crippen LogP contribution in [0, 0.1) is 0 Å². The molecule has 1 aliphatic rings. The lowest BCUT2D eigenvalue weighted by Gasteiger charge is -2.28. The molecule has 1 aliphatic heterocycles. The second-order valence-electron chi connectivity index (χ2n) is 6.77. The molecule has 3 aromatic rings. The van der Waals surface area contributed by atoms with Gasteiger partial charge in [0.05, 0.1) is 19.2 Å². The second-order valence-corrected chi connectivity index (χ2v) is 6.77. The van der Waals surface area contributed by atoms with Gasteiger partial charge in [0.2, 0.25) is 11.7 Å². The molecule has 1 aromatic carbocycles. The number of aliphatic hydroxyl groups excluding tert-OH is 1. The van der Waals surface area contributed by atoms with E-state index < -0.39 is 0 Å². The summed E-state index contributed by atoms with van der Waals surface area (Å²) in [5.74, 6) is 0.979. The Balaban J connectivity index is 1.31. The van der Waals surface area contributed by atoms with Gasteiger partial charge in [-0.2, -0.15) is 4.98 Å². The standard InChI is InChI=1S/C19H21N5O4/c25-14-7-4-8-24(11-14)12-15-9-16(22-27-15)19(26)20-10-17-21-18(23-28-17)13-5-2-1-3-6-13/h1-3,5-6,9,14,25H,4,7-8,10-12H2,(H,20,26). The monoisotopic (exact) mass is 383 g/mol. The van der Waals surface area contributed by atoms with Crippen LogP contribution < -0.4 is 5.32 Å². The molecule has 0 saturated carbocycles. The fourth-order valence-electron chi connectivity index (χ4n) is 3.17. The van der Waals surface area contributed by atoms with Gasteiger partial charge in [-0.25, -0.2) is 0 Å². The first-order chi connectivity index (χ1) is 13.7. The van der Waals surface area contributed by atoms with Crippen molar-refractivity contribution in [2.45, 2.75) is 32.0 Å². The van der Waals surface area contributed by atoms with Gasteiger partial charge in [-0.05, 0) is 19.4 Å². The number of benzene rings is 1. The topological polar surface area (TPSA) is 118 Å². The Morgan fingerprint density at radius 3 is 2.93 bits per heavy atom. The van der Waals surface area contributed by atoms with Gasteiger partial charge in [0.1, 0.15) is 0 Å². The molecule has 1 atom stereocenters. The summed E-state index contributed by atoms with van der Waals surface area (Å²) in [4.78, 5) is 18.6. The number of β-amino-alcohol motifs (C(OH)–C–C–N with tert-alkyl or cyclic N) is 1. The first kappa shape index (κ1) is 18.3. The first-order valence-corrected chi connectivity index (χ1v) is 9.19. The van der Waals surface area contributed by atoms with Gasteiger partial charge in [0.25, 0.3) is 5.91 Å². The lowest BCUT2D eigenvalue weighted by Crippen LogP contribution is -2.37. The number of carbonyl (C=O) groups is 1. The van der Waals surface area contributed by atoms with Crippen LogP contribution in [0.2, 0.25) is 0 Å². The van der Waals surface area contributed by atoms with Crippen molar-refractivity contribution in [2.24, 2.45) is 0 Å². The molecule has 28 heavy (non-hydrogen) atoms. The van der Waals surface area contributed by atoms with Gasteiger partial charge in [-0.1, -0.05) is 40.6 Å². The smallest absolute Gasteiger partial charge is 0.273 e. The van der Waals surface area contributed by atoms with E-state index in [1.165, 1.54) is 0 Å². The number of likely N-dealkylation sites (tertiary alicyclic amines) is 1. The summed E-state index contributed by atoms with van der Waals surface area (Å²) in [5, 5.41) is 20.2. The summed E-state index contributed by atoms with van der Waals surface area (Å²) >= 11 is 0. The van der Waals surface area contributed by atoms with Crippen molar-refractivity contribution in [3.05, 3.63) is 53.7 Å². The van der Waals surface area contributed by atoms with Gasteiger partial charge < -0.3 is 19.5 Å². The molecule has 0 aliphatic carbocycles. The highest BCUT2D eigenvalue weighted by Gasteiger charge is 2.20. The number of amides is 1. The molecule has 1 amide bonds. The lowest BCUT2D eigenvalue weighted by molar-refractivity contribution is 0.0622. The molecule has 0 bridgehead atoms. The highest BCUT2D eigenvalue weighted by Crippen LogP contribution is 2.16. The summed E-state index contributed by atoms with van der Waals surface area (Å²) in [6, 6.07) is 11.1. The predicted molar refractivity (Wildman–Crippen MR) is 97.9 cm³/mol. The van der Waals surface area contributed by atoms with E-state index >= 15 is 0 Å². The van der Waals surface area contributed by atoms with Crippen LogP contribution in [0.5, 0.6) is 0 Å². The third-order valence-corrected chi connectivity index (χ3v) is 4.55. The summed E-state index contributed by atoms with van der Waals surface area (Å²) in [6.45, 7) is 2.10. The fourth-order valence-corrected chi connectivity index (χ4v) is 3.17. The van der Waals surface area contributed by atoms with E-state index in [0.29, 0.717) is 30.6 Å². The molecule has 3 heterocycles. The van der Waals surface area contributed by atoms with Crippen molar-refractivity contribution in [2.75, 3.05) is 13.1 Å². The molecule has 146 valence electrons. The third kappa shape index (κ3) is 4.44. The first-order valence-electron chi connectivity index (χ1n) is 9.19. The maximum absolute atomic E-state index is 12.3. The van der Waals surface area contributed by atoms with E-state index in [4.69, 9.17) is 9.05 Å². The van der Waals surface area contributed by atoms with Crippen LogP contribution in [-0.2, 0) is 13.1 Å². The molecule has 4 rings (SSSR count). The van der Waals surface area contributed by atoms with E-state index in [-0.39, 0.29) is 24.2 Å². The molecular weight excluding hydrogens is 362 g/mol. The van der Waals surface area contributed by atoms with Gasteiger partial charge in [0.15, 0.2) is 11.5 Å². The Labute approximate surface area is 161 Å².